The first-order valence-corrected chi connectivity index (χ1v) is 8.24. The van der Waals surface area contributed by atoms with Gasteiger partial charge in [0.2, 0.25) is 0 Å². The fourth-order valence-electron chi connectivity index (χ4n) is 1.60. The molecule has 3 N–H and O–H groups in total. The van der Waals surface area contributed by atoms with Crippen LogP contribution < -0.4 is 5.73 Å². The Labute approximate surface area is 137 Å². The maximum atomic E-state index is 10.9. The first-order chi connectivity index (χ1) is 9.47. The summed E-state index contributed by atoms with van der Waals surface area (Å²) in [4.78, 5) is 11.9. The van der Waals surface area contributed by atoms with E-state index < -0.39 is 5.97 Å². The Morgan fingerprint density at radius 1 is 1.20 bits per heavy atom. The molecule has 6 heteroatoms. The third-order valence-electron chi connectivity index (χ3n) is 2.66. The standard InChI is InChI=1S/C14H11Br2NO2S/c15-10-3-4-13(12(17)6-10)20-7-9-2-1-8(14(18)19)5-11(9)16/h1-6H,7,17H2,(H,18,19). The van der Waals surface area contributed by atoms with Crippen molar-refractivity contribution in [3.05, 3.63) is 56.5 Å². The molecule has 3 nitrogen and oxygen atoms in total. The summed E-state index contributed by atoms with van der Waals surface area (Å²) in [6, 6.07) is 10.8. The highest BCUT2D eigenvalue weighted by Gasteiger charge is 2.08. The van der Waals surface area contributed by atoms with Crippen molar-refractivity contribution in [1.82, 2.24) is 0 Å². The molecule has 0 aliphatic rings. The largest absolute Gasteiger partial charge is 0.478 e. The highest BCUT2D eigenvalue weighted by Crippen LogP contribution is 2.32. The molecule has 0 bridgehead atoms. The Kier molecular flexibility index (Phi) is 5.12. The third kappa shape index (κ3) is 3.77. The summed E-state index contributed by atoms with van der Waals surface area (Å²) >= 11 is 8.39. The number of carbonyl (C=O) groups is 1. The van der Waals surface area contributed by atoms with Crippen LogP contribution >= 0.6 is 43.6 Å². The lowest BCUT2D eigenvalue weighted by Gasteiger charge is -2.08. The summed E-state index contributed by atoms with van der Waals surface area (Å²) in [5, 5.41) is 8.92. The molecule has 0 aliphatic heterocycles. The second-order valence-electron chi connectivity index (χ2n) is 4.08. The van der Waals surface area contributed by atoms with E-state index in [1.807, 2.05) is 24.3 Å². The molecule has 2 aromatic rings. The van der Waals surface area contributed by atoms with E-state index in [-0.39, 0.29) is 5.56 Å². The predicted octanol–water partition coefficient (Wildman–Crippen LogP) is 4.78. The minimum Gasteiger partial charge on any atom is -0.478 e. The number of hydrogen-bond acceptors (Lipinski definition) is 3. The molecular weight excluding hydrogens is 406 g/mol. The molecule has 0 saturated carbocycles. The van der Waals surface area contributed by atoms with E-state index in [0.29, 0.717) is 5.75 Å². The molecule has 0 unspecified atom stereocenters. The van der Waals surface area contributed by atoms with Crippen LogP contribution in [0.25, 0.3) is 0 Å². The topological polar surface area (TPSA) is 63.3 Å². The number of nitrogens with two attached hydrogens (primary N) is 1. The summed E-state index contributed by atoms with van der Waals surface area (Å²) in [6.07, 6.45) is 0. The van der Waals surface area contributed by atoms with Gasteiger partial charge in [-0.3, -0.25) is 0 Å². The van der Waals surface area contributed by atoms with Gasteiger partial charge in [-0.15, -0.1) is 11.8 Å². The molecule has 0 radical (unpaired) electrons. The molecule has 0 aliphatic carbocycles. The van der Waals surface area contributed by atoms with Gasteiger partial charge in [0.25, 0.3) is 0 Å². The molecular formula is C14H11Br2NO2S. The fraction of sp³-hybridized carbons (Fsp3) is 0.0714. The van der Waals surface area contributed by atoms with Crippen molar-refractivity contribution < 1.29 is 9.90 Å². The van der Waals surface area contributed by atoms with Crippen LogP contribution in [0.4, 0.5) is 5.69 Å². The number of hydrogen-bond donors (Lipinski definition) is 2. The molecule has 2 aromatic carbocycles. The Balaban J connectivity index is 2.13. The van der Waals surface area contributed by atoms with Crippen molar-refractivity contribution in [3.63, 3.8) is 0 Å². The maximum Gasteiger partial charge on any atom is 0.335 e. The van der Waals surface area contributed by atoms with E-state index >= 15 is 0 Å². The highest BCUT2D eigenvalue weighted by molar-refractivity contribution is 9.10. The van der Waals surface area contributed by atoms with Crippen molar-refractivity contribution >= 4 is 55.3 Å². The number of anilines is 1. The highest BCUT2D eigenvalue weighted by atomic mass is 79.9. The van der Waals surface area contributed by atoms with Gasteiger partial charge in [-0.25, -0.2) is 4.79 Å². The summed E-state index contributed by atoms with van der Waals surface area (Å²) in [5.74, 6) is -0.214. The zero-order valence-electron chi connectivity index (χ0n) is 10.3. The molecule has 0 atom stereocenters. The molecule has 0 spiro atoms. The maximum absolute atomic E-state index is 10.9. The van der Waals surface area contributed by atoms with E-state index in [9.17, 15) is 4.79 Å². The zero-order valence-corrected chi connectivity index (χ0v) is 14.3. The summed E-state index contributed by atoms with van der Waals surface area (Å²) in [7, 11) is 0. The summed E-state index contributed by atoms with van der Waals surface area (Å²) in [6.45, 7) is 0. The van der Waals surface area contributed by atoms with Crippen molar-refractivity contribution in [2.45, 2.75) is 10.6 Å². The Morgan fingerprint density at radius 3 is 2.55 bits per heavy atom. The number of thioether (sulfide) groups is 1. The molecule has 20 heavy (non-hydrogen) atoms. The number of benzene rings is 2. The van der Waals surface area contributed by atoms with Gasteiger partial charge in [-0.2, -0.15) is 0 Å². The van der Waals surface area contributed by atoms with Gasteiger partial charge in [-0.1, -0.05) is 37.9 Å². The number of rotatable bonds is 4. The van der Waals surface area contributed by atoms with Crippen molar-refractivity contribution in [3.8, 4) is 0 Å². The molecule has 2 rings (SSSR count). The smallest absolute Gasteiger partial charge is 0.335 e. The minimum absolute atomic E-state index is 0.272. The first kappa shape index (κ1) is 15.4. The van der Waals surface area contributed by atoms with Crippen LogP contribution in [0.3, 0.4) is 0 Å². The molecule has 0 saturated heterocycles. The predicted molar refractivity (Wildman–Crippen MR) is 89.2 cm³/mol. The van der Waals surface area contributed by atoms with Gasteiger partial charge < -0.3 is 10.8 Å². The normalized spacial score (nSPS) is 10.5. The van der Waals surface area contributed by atoms with E-state index in [2.05, 4.69) is 31.9 Å². The minimum atomic E-state index is -0.929. The monoisotopic (exact) mass is 415 g/mol. The Bertz CT molecular complexity index is 662. The van der Waals surface area contributed by atoms with E-state index in [4.69, 9.17) is 10.8 Å². The number of carboxylic acid groups (broad SMARTS) is 1. The molecule has 104 valence electrons. The average Bonchev–Trinajstić information content (AvgIpc) is 2.38. The summed E-state index contributed by atoms with van der Waals surface area (Å²) in [5.41, 5.74) is 7.97. The number of nitrogen functional groups attached to an aromatic ring is 1. The summed E-state index contributed by atoms with van der Waals surface area (Å²) < 4.78 is 1.74. The van der Waals surface area contributed by atoms with Crippen LogP contribution in [0, 0.1) is 0 Å². The second kappa shape index (κ2) is 6.65. The quantitative estimate of drug-likeness (QED) is 0.555. The SMILES string of the molecule is Nc1cc(Br)ccc1SCc1ccc(C(=O)O)cc1Br. The molecule has 0 aromatic heterocycles. The fourth-order valence-corrected chi connectivity index (χ4v) is 3.64. The molecule has 0 heterocycles. The zero-order chi connectivity index (χ0) is 14.7. The van der Waals surface area contributed by atoms with Gasteiger partial charge in [-0.05, 0) is 35.9 Å². The van der Waals surface area contributed by atoms with Crippen molar-refractivity contribution in [1.29, 1.82) is 0 Å². The van der Waals surface area contributed by atoms with Gasteiger partial charge in [0.05, 0.1) is 5.56 Å². The van der Waals surface area contributed by atoms with E-state index in [1.165, 1.54) is 0 Å². The van der Waals surface area contributed by atoms with Crippen molar-refractivity contribution in [2.24, 2.45) is 0 Å². The van der Waals surface area contributed by atoms with Crippen LogP contribution in [-0.2, 0) is 5.75 Å². The number of carboxylic acids is 1. The van der Waals surface area contributed by atoms with Gasteiger partial charge in [0.15, 0.2) is 0 Å². The number of aromatic carboxylic acids is 1. The Morgan fingerprint density at radius 2 is 1.95 bits per heavy atom. The second-order valence-corrected chi connectivity index (χ2v) is 6.87. The van der Waals surface area contributed by atoms with Gasteiger partial charge in [0, 0.05) is 25.3 Å². The van der Waals surface area contributed by atoms with Crippen LogP contribution in [0.5, 0.6) is 0 Å². The lowest BCUT2D eigenvalue weighted by Crippen LogP contribution is -1.97. The van der Waals surface area contributed by atoms with Gasteiger partial charge in [0.1, 0.15) is 0 Å². The average molecular weight is 417 g/mol. The van der Waals surface area contributed by atoms with Crippen LogP contribution in [0.15, 0.2) is 50.2 Å². The first-order valence-electron chi connectivity index (χ1n) is 5.67. The van der Waals surface area contributed by atoms with Crippen LogP contribution in [-0.4, -0.2) is 11.1 Å². The van der Waals surface area contributed by atoms with Crippen molar-refractivity contribution in [2.75, 3.05) is 5.73 Å². The lowest BCUT2D eigenvalue weighted by molar-refractivity contribution is 0.0697. The lowest BCUT2D eigenvalue weighted by atomic mass is 10.1. The van der Waals surface area contributed by atoms with Crippen LogP contribution in [0.1, 0.15) is 15.9 Å². The van der Waals surface area contributed by atoms with Crippen LogP contribution in [0.2, 0.25) is 0 Å². The Hall–Kier alpha value is -0.980. The third-order valence-corrected chi connectivity index (χ3v) is 5.02. The van der Waals surface area contributed by atoms with Gasteiger partial charge >= 0.3 is 5.97 Å². The molecule has 0 amide bonds. The molecule has 0 fully saturated rings. The van der Waals surface area contributed by atoms with E-state index in [1.54, 1.807) is 23.9 Å². The van der Waals surface area contributed by atoms with E-state index in [0.717, 1.165) is 25.1 Å². The number of halogens is 2.